The predicted molar refractivity (Wildman–Crippen MR) is 138 cm³/mol. The SMILES string of the molecule is COCCNC(=O)c1cnc(Nc2ccc3c(c2)CNCC3)nc1Nc1cccc(C(C)(C)C)n1. The lowest BCUT2D eigenvalue weighted by Gasteiger charge is -2.19. The molecule has 3 heterocycles. The number of fused-ring (bicyclic) bond motifs is 1. The summed E-state index contributed by atoms with van der Waals surface area (Å²) < 4.78 is 5.04. The van der Waals surface area contributed by atoms with Crippen LogP contribution >= 0.6 is 0 Å². The topological polar surface area (TPSA) is 113 Å². The zero-order valence-electron chi connectivity index (χ0n) is 20.7. The van der Waals surface area contributed by atoms with E-state index >= 15 is 0 Å². The van der Waals surface area contributed by atoms with Gasteiger partial charge in [0.1, 0.15) is 17.2 Å². The molecule has 9 heteroatoms. The van der Waals surface area contributed by atoms with Gasteiger partial charge in [0, 0.05) is 43.2 Å². The summed E-state index contributed by atoms with van der Waals surface area (Å²) in [6.45, 7) is 8.95. The molecule has 4 N–H and O–H groups in total. The zero-order chi connectivity index (χ0) is 24.8. The lowest BCUT2D eigenvalue weighted by atomic mass is 9.92. The Bertz CT molecular complexity index is 1190. The number of hydrogen-bond donors (Lipinski definition) is 4. The molecule has 4 rings (SSSR count). The molecule has 35 heavy (non-hydrogen) atoms. The first-order chi connectivity index (χ1) is 16.8. The Labute approximate surface area is 206 Å². The Morgan fingerprint density at radius 2 is 1.97 bits per heavy atom. The molecule has 3 aromatic rings. The third kappa shape index (κ3) is 6.32. The van der Waals surface area contributed by atoms with Crippen LogP contribution in [0.3, 0.4) is 0 Å². The number of pyridine rings is 1. The number of aromatic nitrogens is 3. The normalized spacial score (nSPS) is 13.1. The fraction of sp³-hybridized carbons (Fsp3) is 0.385. The van der Waals surface area contributed by atoms with Crippen LogP contribution < -0.4 is 21.3 Å². The third-order valence-electron chi connectivity index (χ3n) is 5.74. The Morgan fingerprint density at radius 1 is 1.11 bits per heavy atom. The summed E-state index contributed by atoms with van der Waals surface area (Å²) in [5, 5.41) is 12.7. The quantitative estimate of drug-likeness (QED) is 0.365. The fourth-order valence-corrected chi connectivity index (χ4v) is 3.80. The highest BCUT2D eigenvalue weighted by molar-refractivity contribution is 5.99. The molecule has 0 bridgehead atoms. The largest absolute Gasteiger partial charge is 0.383 e. The van der Waals surface area contributed by atoms with Crippen molar-refractivity contribution in [2.75, 3.05) is 37.4 Å². The zero-order valence-corrected chi connectivity index (χ0v) is 20.7. The van der Waals surface area contributed by atoms with E-state index in [-0.39, 0.29) is 11.3 Å². The Balaban J connectivity index is 1.62. The molecule has 2 aromatic heterocycles. The van der Waals surface area contributed by atoms with E-state index in [0.29, 0.717) is 36.3 Å². The molecule has 1 aromatic carbocycles. The van der Waals surface area contributed by atoms with Gasteiger partial charge in [0.2, 0.25) is 5.95 Å². The minimum absolute atomic E-state index is 0.113. The highest BCUT2D eigenvalue weighted by Crippen LogP contribution is 2.25. The van der Waals surface area contributed by atoms with Crippen molar-refractivity contribution in [2.24, 2.45) is 0 Å². The smallest absolute Gasteiger partial charge is 0.256 e. The van der Waals surface area contributed by atoms with E-state index < -0.39 is 0 Å². The van der Waals surface area contributed by atoms with E-state index in [1.54, 1.807) is 7.11 Å². The minimum Gasteiger partial charge on any atom is -0.383 e. The van der Waals surface area contributed by atoms with Crippen LogP contribution in [0.4, 0.5) is 23.3 Å². The van der Waals surface area contributed by atoms with Crippen molar-refractivity contribution in [3.05, 3.63) is 65.0 Å². The average molecular weight is 476 g/mol. The van der Waals surface area contributed by atoms with Crippen molar-refractivity contribution in [3.63, 3.8) is 0 Å². The molecule has 0 radical (unpaired) electrons. The number of nitrogens with zero attached hydrogens (tertiary/aromatic N) is 3. The molecule has 9 nitrogen and oxygen atoms in total. The molecule has 0 aliphatic carbocycles. The second-order valence-corrected chi connectivity index (χ2v) is 9.52. The van der Waals surface area contributed by atoms with E-state index in [1.165, 1.54) is 17.3 Å². The van der Waals surface area contributed by atoms with Gasteiger partial charge < -0.3 is 26.0 Å². The second-order valence-electron chi connectivity index (χ2n) is 9.52. The number of anilines is 4. The van der Waals surface area contributed by atoms with Gasteiger partial charge in [0.05, 0.1) is 6.61 Å². The highest BCUT2D eigenvalue weighted by atomic mass is 16.5. The van der Waals surface area contributed by atoms with E-state index in [9.17, 15) is 4.79 Å². The van der Waals surface area contributed by atoms with E-state index in [2.05, 4.69) is 64.1 Å². The number of hydrogen-bond acceptors (Lipinski definition) is 8. The molecular weight excluding hydrogens is 442 g/mol. The highest BCUT2D eigenvalue weighted by Gasteiger charge is 2.19. The van der Waals surface area contributed by atoms with Crippen LogP contribution in [-0.2, 0) is 23.1 Å². The van der Waals surface area contributed by atoms with E-state index in [1.807, 2.05) is 24.3 Å². The van der Waals surface area contributed by atoms with Crippen molar-refractivity contribution in [1.82, 2.24) is 25.6 Å². The van der Waals surface area contributed by atoms with Crippen molar-refractivity contribution in [1.29, 1.82) is 0 Å². The standard InChI is InChI=1S/C26H33N7O2/c1-26(2,3)21-6-5-7-22(31-21)32-23-20(24(34)28-12-13-35-4)16-29-25(33-23)30-19-9-8-17-10-11-27-15-18(17)14-19/h5-9,14,16,27H,10-13,15H2,1-4H3,(H,28,34)(H2,29,30,31,32,33). The fourth-order valence-electron chi connectivity index (χ4n) is 3.80. The molecule has 1 amide bonds. The van der Waals surface area contributed by atoms with Crippen molar-refractivity contribution in [2.45, 2.75) is 39.2 Å². The summed E-state index contributed by atoms with van der Waals surface area (Å²) in [4.78, 5) is 26.6. The van der Waals surface area contributed by atoms with Gasteiger partial charge in [-0.05, 0) is 48.4 Å². The van der Waals surface area contributed by atoms with Crippen LogP contribution in [0.2, 0.25) is 0 Å². The molecule has 0 saturated carbocycles. The first-order valence-electron chi connectivity index (χ1n) is 11.8. The Kier molecular flexibility index (Phi) is 7.57. The molecule has 1 aliphatic heterocycles. The Hall–Kier alpha value is -3.56. The number of amides is 1. The molecular formula is C26H33N7O2. The molecule has 0 saturated heterocycles. The summed E-state index contributed by atoms with van der Waals surface area (Å²) in [7, 11) is 1.59. The summed E-state index contributed by atoms with van der Waals surface area (Å²) in [6, 6.07) is 12.1. The van der Waals surface area contributed by atoms with Gasteiger partial charge in [-0.2, -0.15) is 4.98 Å². The van der Waals surface area contributed by atoms with Crippen LogP contribution in [0.1, 0.15) is 48.0 Å². The molecule has 0 fully saturated rings. The lowest BCUT2D eigenvalue weighted by Crippen LogP contribution is -2.28. The molecule has 0 spiro atoms. The number of carbonyl (C=O) groups is 1. The van der Waals surface area contributed by atoms with Gasteiger partial charge in [-0.3, -0.25) is 4.79 Å². The molecule has 0 atom stereocenters. The summed E-state index contributed by atoms with van der Waals surface area (Å²) >= 11 is 0. The number of methoxy groups -OCH3 is 1. The predicted octanol–water partition coefficient (Wildman–Crippen LogP) is 3.68. The van der Waals surface area contributed by atoms with Crippen LogP contribution in [-0.4, -0.2) is 47.7 Å². The Morgan fingerprint density at radius 3 is 2.77 bits per heavy atom. The van der Waals surface area contributed by atoms with Crippen molar-refractivity contribution >= 4 is 29.2 Å². The first kappa shape index (κ1) is 24.6. The average Bonchev–Trinajstić information content (AvgIpc) is 2.84. The lowest BCUT2D eigenvalue weighted by molar-refractivity contribution is 0.0937. The van der Waals surface area contributed by atoms with Crippen LogP contribution in [0.15, 0.2) is 42.6 Å². The van der Waals surface area contributed by atoms with Gasteiger partial charge >= 0.3 is 0 Å². The number of nitrogens with one attached hydrogen (secondary N) is 4. The maximum atomic E-state index is 12.9. The van der Waals surface area contributed by atoms with Gasteiger partial charge in [-0.1, -0.05) is 32.9 Å². The van der Waals surface area contributed by atoms with E-state index in [4.69, 9.17) is 9.72 Å². The summed E-state index contributed by atoms with van der Waals surface area (Å²) in [5.74, 6) is 1.07. The van der Waals surface area contributed by atoms with Crippen molar-refractivity contribution < 1.29 is 9.53 Å². The molecule has 0 unspecified atom stereocenters. The van der Waals surface area contributed by atoms with Crippen LogP contribution in [0.5, 0.6) is 0 Å². The van der Waals surface area contributed by atoms with Crippen LogP contribution in [0.25, 0.3) is 0 Å². The summed E-state index contributed by atoms with van der Waals surface area (Å²) in [6.07, 6.45) is 2.54. The van der Waals surface area contributed by atoms with Gasteiger partial charge in [-0.25, -0.2) is 9.97 Å². The third-order valence-corrected chi connectivity index (χ3v) is 5.74. The number of ether oxygens (including phenoxy) is 1. The molecule has 1 aliphatic rings. The number of carbonyl (C=O) groups excluding carboxylic acids is 1. The maximum absolute atomic E-state index is 12.9. The second kappa shape index (κ2) is 10.8. The van der Waals surface area contributed by atoms with Gasteiger partial charge in [-0.15, -0.1) is 0 Å². The van der Waals surface area contributed by atoms with Gasteiger partial charge in [0.25, 0.3) is 5.91 Å². The minimum atomic E-state index is -0.289. The first-order valence-corrected chi connectivity index (χ1v) is 11.8. The number of benzene rings is 1. The summed E-state index contributed by atoms with van der Waals surface area (Å²) in [5.41, 5.74) is 4.65. The van der Waals surface area contributed by atoms with Crippen LogP contribution in [0, 0.1) is 0 Å². The monoisotopic (exact) mass is 475 g/mol. The number of rotatable bonds is 8. The van der Waals surface area contributed by atoms with Crippen molar-refractivity contribution in [3.8, 4) is 0 Å². The molecule has 184 valence electrons. The maximum Gasteiger partial charge on any atom is 0.256 e. The van der Waals surface area contributed by atoms with E-state index in [0.717, 1.165) is 30.9 Å². The van der Waals surface area contributed by atoms with Gasteiger partial charge in [0.15, 0.2) is 0 Å².